The molecule has 4 rings (SSSR count). The third-order valence-corrected chi connectivity index (χ3v) is 6.24. The van der Waals surface area contributed by atoms with Gasteiger partial charge in [0.2, 0.25) is 6.29 Å². The van der Waals surface area contributed by atoms with Gasteiger partial charge in [-0.05, 0) is 35.8 Å². The van der Waals surface area contributed by atoms with E-state index in [0.29, 0.717) is 23.2 Å². The van der Waals surface area contributed by atoms with Crippen LogP contribution in [0.25, 0.3) is 0 Å². The van der Waals surface area contributed by atoms with Gasteiger partial charge in [0.1, 0.15) is 36.2 Å². The summed E-state index contributed by atoms with van der Waals surface area (Å²) in [5, 5.41) is 68.9. The summed E-state index contributed by atoms with van der Waals surface area (Å²) in [6, 6.07) is 1.64. The molecule has 0 bridgehead atoms. The number of aliphatic hydroxyl groups is 4. The Hall–Kier alpha value is -3.49. The molecule has 7 N–H and O–H groups in total. The van der Waals surface area contributed by atoms with Crippen molar-refractivity contribution in [3.05, 3.63) is 41.6 Å². The topological polar surface area (TPSA) is 210 Å². The van der Waals surface area contributed by atoms with E-state index in [2.05, 4.69) is 4.99 Å². The quantitative estimate of drug-likeness (QED) is 0.231. The summed E-state index contributed by atoms with van der Waals surface area (Å²) in [5.74, 6) is -2.86. The van der Waals surface area contributed by atoms with Gasteiger partial charge in [0.15, 0.2) is 11.5 Å². The van der Waals surface area contributed by atoms with Gasteiger partial charge in [-0.2, -0.15) is 0 Å². The largest absolute Gasteiger partial charge is 0.504 e. The lowest BCUT2D eigenvalue weighted by Gasteiger charge is -2.39. The molecule has 0 amide bonds. The fourth-order valence-corrected chi connectivity index (χ4v) is 4.29. The number of allylic oxidation sites excluding steroid dienone is 1. The summed E-state index contributed by atoms with van der Waals surface area (Å²) < 4.78 is 10.8. The standard InChI is InChI=1S/C23H26N2O11/c26-9-17-18(28)19(29)20(30)23(36-17)35-16-7-11-6-14(22(33)34)25(13(11)8-15(16)27)4-2-10-1-3-24-12(5-10)21(31)32/h2,4-5,7-8,14,17-20,23,26-30H,1,3,6,9H2,(H,31,32)(H,33,34)/b4-2+/t14-,17-,18-,19+,20-,23-/m1/s1. The number of aliphatic carboxylic acids is 2. The maximum absolute atomic E-state index is 11.9. The minimum absolute atomic E-state index is 0.0429. The van der Waals surface area contributed by atoms with E-state index in [4.69, 9.17) is 14.6 Å². The van der Waals surface area contributed by atoms with E-state index in [1.165, 1.54) is 29.3 Å². The van der Waals surface area contributed by atoms with Crippen LogP contribution in [0.4, 0.5) is 5.69 Å². The van der Waals surface area contributed by atoms with Gasteiger partial charge in [-0.25, -0.2) is 9.59 Å². The lowest BCUT2D eigenvalue weighted by atomic mass is 9.99. The molecule has 3 aliphatic heterocycles. The second kappa shape index (κ2) is 10.2. The van der Waals surface area contributed by atoms with Crippen molar-refractivity contribution < 1.29 is 54.8 Å². The van der Waals surface area contributed by atoms with E-state index >= 15 is 0 Å². The number of phenols is 1. The van der Waals surface area contributed by atoms with Gasteiger partial charge >= 0.3 is 11.9 Å². The summed E-state index contributed by atoms with van der Waals surface area (Å²) >= 11 is 0. The Kier molecular flexibility index (Phi) is 7.28. The second-order valence-electron chi connectivity index (χ2n) is 8.59. The molecule has 0 saturated carbocycles. The number of hydrogen-bond acceptors (Lipinski definition) is 11. The van der Waals surface area contributed by atoms with Gasteiger partial charge in [-0.15, -0.1) is 0 Å². The first kappa shape index (κ1) is 25.6. The molecule has 0 aliphatic carbocycles. The second-order valence-corrected chi connectivity index (χ2v) is 8.59. The lowest BCUT2D eigenvalue weighted by molar-refractivity contribution is -0.277. The van der Waals surface area contributed by atoms with Crippen LogP contribution in [0.2, 0.25) is 0 Å². The fraction of sp³-hybridized carbons (Fsp3) is 0.435. The molecule has 0 unspecified atom stereocenters. The van der Waals surface area contributed by atoms with Crippen molar-refractivity contribution in [2.24, 2.45) is 4.99 Å². The molecular formula is C23H26N2O11. The van der Waals surface area contributed by atoms with Gasteiger partial charge in [-0.3, -0.25) is 4.99 Å². The van der Waals surface area contributed by atoms with E-state index in [-0.39, 0.29) is 24.4 Å². The number of carboxylic acid groups (broad SMARTS) is 2. The van der Waals surface area contributed by atoms with Crippen molar-refractivity contribution in [2.75, 3.05) is 18.1 Å². The molecule has 194 valence electrons. The van der Waals surface area contributed by atoms with E-state index in [0.717, 1.165) is 0 Å². The predicted molar refractivity (Wildman–Crippen MR) is 122 cm³/mol. The van der Waals surface area contributed by atoms with Crippen LogP contribution in [0.15, 0.2) is 41.1 Å². The van der Waals surface area contributed by atoms with E-state index in [1.54, 1.807) is 6.08 Å². The van der Waals surface area contributed by atoms with Crippen LogP contribution in [-0.2, 0) is 20.7 Å². The average molecular weight is 506 g/mol. The molecule has 1 saturated heterocycles. The molecular weight excluding hydrogens is 480 g/mol. The van der Waals surface area contributed by atoms with Gasteiger partial charge in [-0.1, -0.05) is 0 Å². The Labute approximate surface area is 204 Å². The van der Waals surface area contributed by atoms with E-state index in [1.807, 2.05) is 0 Å². The number of aromatic hydroxyl groups is 1. The monoisotopic (exact) mass is 506 g/mol. The summed E-state index contributed by atoms with van der Waals surface area (Å²) in [4.78, 5) is 28.5. The third-order valence-electron chi connectivity index (χ3n) is 6.24. The van der Waals surface area contributed by atoms with Crippen molar-refractivity contribution in [2.45, 2.75) is 49.6 Å². The lowest BCUT2D eigenvalue weighted by Crippen LogP contribution is -2.60. The zero-order chi connectivity index (χ0) is 26.1. The number of dihydropyridines is 1. The number of rotatable bonds is 7. The minimum Gasteiger partial charge on any atom is -0.504 e. The summed E-state index contributed by atoms with van der Waals surface area (Å²) in [5.41, 5.74) is 1.42. The molecule has 3 aliphatic rings. The van der Waals surface area contributed by atoms with Gasteiger partial charge < -0.3 is 50.1 Å². The predicted octanol–water partition coefficient (Wildman–Crippen LogP) is -1.24. The Bertz CT molecular complexity index is 1130. The number of anilines is 1. The van der Waals surface area contributed by atoms with Gasteiger partial charge in [0.25, 0.3) is 0 Å². The highest BCUT2D eigenvalue weighted by Crippen LogP contribution is 2.41. The molecule has 6 atom stereocenters. The average Bonchev–Trinajstić information content (AvgIpc) is 3.20. The molecule has 13 nitrogen and oxygen atoms in total. The highest BCUT2D eigenvalue weighted by atomic mass is 16.7. The fourth-order valence-electron chi connectivity index (χ4n) is 4.29. The molecule has 1 aromatic rings. The smallest absolute Gasteiger partial charge is 0.354 e. The minimum atomic E-state index is -1.69. The molecule has 0 spiro atoms. The van der Waals surface area contributed by atoms with Crippen LogP contribution < -0.4 is 9.64 Å². The van der Waals surface area contributed by atoms with Crippen LogP contribution in [0, 0.1) is 0 Å². The van der Waals surface area contributed by atoms with Crippen molar-refractivity contribution in [3.63, 3.8) is 0 Å². The number of aliphatic imine (C=N–C) groups is 1. The normalized spacial score (nSPS) is 30.1. The van der Waals surface area contributed by atoms with Crippen molar-refractivity contribution in [3.8, 4) is 11.5 Å². The number of aliphatic hydroxyl groups excluding tert-OH is 4. The number of carboxylic acids is 2. The first-order valence-electron chi connectivity index (χ1n) is 11.1. The van der Waals surface area contributed by atoms with E-state index < -0.39 is 61.0 Å². The SMILES string of the molecule is O=C(O)C1=NCCC(/C=C/N2c3cc(O)c(O[C@@H]4O[C@H](CO)[C@@H](O)[C@H](O)[C@H]4O)cc3C[C@@H]2C(=O)O)=C1. The first-order chi connectivity index (χ1) is 17.1. The van der Waals surface area contributed by atoms with Crippen molar-refractivity contribution >= 4 is 23.3 Å². The number of ether oxygens (including phenoxy) is 2. The number of hydrogen-bond donors (Lipinski definition) is 7. The number of phenolic OH excluding ortho intramolecular Hbond substituents is 1. The summed E-state index contributed by atoms with van der Waals surface area (Å²) in [7, 11) is 0. The maximum atomic E-state index is 11.9. The summed E-state index contributed by atoms with van der Waals surface area (Å²) in [6.07, 6.45) is -2.65. The highest BCUT2D eigenvalue weighted by Gasteiger charge is 2.45. The number of carbonyl (C=O) groups is 2. The first-order valence-corrected chi connectivity index (χ1v) is 11.1. The van der Waals surface area contributed by atoms with Crippen LogP contribution in [0.5, 0.6) is 11.5 Å². The van der Waals surface area contributed by atoms with Crippen LogP contribution >= 0.6 is 0 Å². The Morgan fingerprint density at radius 1 is 1.17 bits per heavy atom. The molecule has 0 radical (unpaired) electrons. The maximum Gasteiger partial charge on any atom is 0.354 e. The molecule has 36 heavy (non-hydrogen) atoms. The number of benzene rings is 1. The molecule has 0 aromatic heterocycles. The van der Waals surface area contributed by atoms with E-state index in [9.17, 15) is 40.2 Å². The highest BCUT2D eigenvalue weighted by molar-refractivity contribution is 6.40. The van der Waals surface area contributed by atoms with Gasteiger partial charge in [0, 0.05) is 30.9 Å². The Balaban J connectivity index is 1.59. The Morgan fingerprint density at radius 2 is 1.92 bits per heavy atom. The molecule has 1 fully saturated rings. The number of nitrogens with zero attached hydrogens (tertiary/aromatic N) is 2. The summed E-state index contributed by atoms with van der Waals surface area (Å²) in [6.45, 7) is -0.366. The van der Waals surface area contributed by atoms with Crippen molar-refractivity contribution in [1.29, 1.82) is 0 Å². The number of fused-ring (bicyclic) bond motifs is 1. The molecule has 1 aromatic carbocycles. The van der Waals surface area contributed by atoms with Crippen LogP contribution in [0.3, 0.4) is 0 Å². The van der Waals surface area contributed by atoms with Crippen LogP contribution in [0.1, 0.15) is 12.0 Å². The molecule has 3 heterocycles. The zero-order valence-electron chi connectivity index (χ0n) is 18.8. The van der Waals surface area contributed by atoms with Crippen LogP contribution in [-0.4, -0.2) is 103 Å². The Morgan fingerprint density at radius 3 is 2.58 bits per heavy atom. The third kappa shape index (κ3) is 4.92. The molecule has 13 heteroatoms. The zero-order valence-corrected chi connectivity index (χ0v) is 18.8. The van der Waals surface area contributed by atoms with Crippen molar-refractivity contribution in [1.82, 2.24) is 0 Å². The van der Waals surface area contributed by atoms with Gasteiger partial charge in [0.05, 0.1) is 6.61 Å².